The van der Waals surface area contributed by atoms with Crippen molar-refractivity contribution in [2.24, 2.45) is 0 Å². The maximum Gasteiger partial charge on any atom is 0.0698 e. The molecular formula is C9H19NO2S. The van der Waals surface area contributed by atoms with Gasteiger partial charge in [0, 0.05) is 18.3 Å². The van der Waals surface area contributed by atoms with Gasteiger partial charge in [-0.1, -0.05) is 0 Å². The summed E-state index contributed by atoms with van der Waals surface area (Å²) in [6, 6.07) is 0.677. The average Bonchev–Trinajstić information content (AvgIpc) is 2.19. The summed E-state index contributed by atoms with van der Waals surface area (Å²) >= 11 is 2.03. The number of ether oxygens (including phenoxy) is 1. The van der Waals surface area contributed by atoms with Crippen molar-refractivity contribution in [2.45, 2.75) is 18.9 Å². The van der Waals surface area contributed by atoms with Crippen molar-refractivity contribution in [1.29, 1.82) is 0 Å². The molecule has 0 aromatic rings. The lowest BCUT2D eigenvalue weighted by molar-refractivity contribution is 0.0927. The zero-order valence-electron chi connectivity index (χ0n) is 8.00. The predicted molar refractivity (Wildman–Crippen MR) is 56.3 cm³/mol. The van der Waals surface area contributed by atoms with Crippen LogP contribution in [0.5, 0.6) is 0 Å². The fourth-order valence-electron chi connectivity index (χ4n) is 1.40. The highest BCUT2D eigenvalue weighted by molar-refractivity contribution is 7.99. The second-order valence-electron chi connectivity index (χ2n) is 3.20. The fourth-order valence-corrected chi connectivity index (χ4v) is 2.51. The molecule has 1 atom stereocenters. The number of rotatable bonds is 6. The Morgan fingerprint density at radius 1 is 1.46 bits per heavy atom. The van der Waals surface area contributed by atoms with Gasteiger partial charge in [-0.05, 0) is 18.6 Å². The number of aliphatic hydroxyl groups excluding tert-OH is 1. The molecule has 1 aliphatic rings. The lowest BCUT2D eigenvalue weighted by Crippen LogP contribution is -2.36. The Bertz CT molecular complexity index is 118. The Kier molecular flexibility index (Phi) is 6.62. The molecule has 1 saturated heterocycles. The van der Waals surface area contributed by atoms with Crippen LogP contribution in [-0.4, -0.2) is 49.0 Å². The first kappa shape index (κ1) is 11.3. The van der Waals surface area contributed by atoms with E-state index in [0.29, 0.717) is 19.3 Å². The Labute approximate surface area is 84.2 Å². The monoisotopic (exact) mass is 205 g/mol. The van der Waals surface area contributed by atoms with Gasteiger partial charge >= 0.3 is 0 Å². The van der Waals surface area contributed by atoms with Gasteiger partial charge in [0.25, 0.3) is 0 Å². The van der Waals surface area contributed by atoms with E-state index in [-0.39, 0.29) is 6.61 Å². The van der Waals surface area contributed by atoms with Crippen LogP contribution >= 0.6 is 11.8 Å². The third-order valence-corrected chi connectivity index (χ3v) is 3.29. The van der Waals surface area contributed by atoms with Crippen LogP contribution in [0.2, 0.25) is 0 Å². The van der Waals surface area contributed by atoms with E-state index in [0.717, 1.165) is 6.54 Å². The molecule has 0 aromatic carbocycles. The summed E-state index contributed by atoms with van der Waals surface area (Å²) in [6.07, 6.45) is 2.63. The van der Waals surface area contributed by atoms with Crippen molar-refractivity contribution < 1.29 is 9.84 Å². The number of aliphatic hydroxyl groups is 1. The van der Waals surface area contributed by atoms with E-state index in [9.17, 15) is 0 Å². The maximum atomic E-state index is 8.47. The first-order chi connectivity index (χ1) is 6.43. The normalized spacial score (nSPS) is 23.3. The highest BCUT2D eigenvalue weighted by Crippen LogP contribution is 2.16. The molecule has 1 fully saturated rings. The topological polar surface area (TPSA) is 41.5 Å². The van der Waals surface area contributed by atoms with Crippen LogP contribution in [0, 0.1) is 0 Å². The van der Waals surface area contributed by atoms with E-state index in [1.54, 1.807) is 0 Å². The summed E-state index contributed by atoms with van der Waals surface area (Å²) in [6.45, 7) is 2.20. The highest BCUT2D eigenvalue weighted by atomic mass is 32.2. The molecule has 0 aromatic heterocycles. The molecule has 3 nitrogen and oxygen atoms in total. The van der Waals surface area contributed by atoms with Crippen molar-refractivity contribution in [1.82, 2.24) is 5.32 Å². The van der Waals surface area contributed by atoms with Gasteiger partial charge in [0.05, 0.1) is 19.8 Å². The van der Waals surface area contributed by atoms with E-state index in [1.165, 1.54) is 24.3 Å². The molecule has 2 N–H and O–H groups in total. The first-order valence-electron chi connectivity index (χ1n) is 4.93. The molecule has 1 rings (SSSR count). The number of hydrogen-bond acceptors (Lipinski definition) is 4. The zero-order chi connectivity index (χ0) is 9.36. The number of thioether (sulfide) groups is 1. The average molecular weight is 205 g/mol. The zero-order valence-corrected chi connectivity index (χ0v) is 8.81. The van der Waals surface area contributed by atoms with Gasteiger partial charge in [0.15, 0.2) is 0 Å². The molecule has 4 heteroatoms. The van der Waals surface area contributed by atoms with Gasteiger partial charge in [-0.3, -0.25) is 0 Å². The van der Waals surface area contributed by atoms with E-state index in [4.69, 9.17) is 9.84 Å². The van der Waals surface area contributed by atoms with Crippen molar-refractivity contribution in [2.75, 3.05) is 37.9 Å². The van der Waals surface area contributed by atoms with Crippen LogP contribution in [0.15, 0.2) is 0 Å². The summed E-state index contributed by atoms with van der Waals surface area (Å²) in [4.78, 5) is 0. The smallest absolute Gasteiger partial charge is 0.0698 e. The lowest BCUT2D eigenvalue weighted by atomic mass is 10.2. The standard InChI is InChI=1S/C9H19NO2S/c11-4-6-12-5-3-10-9-2-1-7-13-8-9/h9-11H,1-8H2/t9-/m1/s1. The fraction of sp³-hybridized carbons (Fsp3) is 1.00. The number of hydrogen-bond donors (Lipinski definition) is 2. The van der Waals surface area contributed by atoms with Gasteiger partial charge in [-0.15, -0.1) is 0 Å². The van der Waals surface area contributed by atoms with Crippen LogP contribution < -0.4 is 5.32 Å². The van der Waals surface area contributed by atoms with Crippen molar-refractivity contribution in [3.05, 3.63) is 0 Å². The molecule has 0 aliphatic carbocycles. The lowest BCUT2D eigenvalue weighted by Gasteiger charge is -2.22. The Balaban J connectivity index is 1.86. The van der Waals surface area contributed by atoms with Crippen LogP contribution in [0.4, 0.5) is 0 Å². The maximum absolute atomic E-state index is 8.47. The Morgan fingerprint density at radius 3 is 3.08 bits per heavy atom. The minimum absolute atomic E-state index is 0.124. The SMILES string of the molecule is OCCOCCN[C@@H]1CCCSC1. The molecular weight excluding hydrogens is 186 g/mol. The summed E-state index contributed by atoms with van der Waals surface area (Å²) in [7, 11) is 0. The van der Waals surface area contributed by atoms with Crippen molar-refractivity contribution in [3.63, 3.8) is 0 Å². The molecule has 0 spiro atoms. The van der Waals surface area contributed by atoms with Gasteiger partial charge in [-0.2, -0.15) is 11.8 Å². The number of nitrogens with one attached hydrogen (secondary N) is 1. The van der Waals surface area contributed by atoms with E-state index in [2.05, 4.69) is 5.32 Å². The van der Waals surface area contributed by atoms with E-state index < -0.39 is 0 Å². The second kappa shape index (κ2) is 7.62. The molecule has 0 radical (unpaired) electrons. The molecule has 1 heterocycles. The second-order valence-corrected chi connectivity index (χ2v) is 4.35. The molecule has 78 valence electrons. The summed E-state index contributed by atoms with van der Waals surface area (Å²) in [5, 5.41) is 11.9. The van der Waals surface area contributed by atoms with Gasteiger partial charge < -0.3 is 15.2 Å². The van der Waals surface area contributed by atoms with E-state index in [1.807, 2.05) is 11.8 Å². The Hall–Kier alpha value is 0.230. The van der Waals surface area contributed by atoms with Gasteiger partial charge in [0.2, 0.25) is 0 Å². The molecule has 0 unspecified atom stereocenters. The van der Waals surface area contributed by atoms with Crippen LogP contribution in [-0.2, 0) is 4.74 Å². The molecule has 0 bridgehead atoms. The quantitative estimate of drug-likeness (QED) is 0.619. The first-order valence-corrected chi connectivity index (χ1v) is 6.08. The largest absolute Gasteiger partial charge is 0.394 e. The summed E-state index contributed by atoms with van der Waals surface area (Å²) in [5.74, 6) is 2.55. The van der Waals surface area contributed by atoms with Crippen LogP contribution in [0.3, 0.4) is 0 Å². The molecule has 13 heavy (non-hydrogen) atoms. The summed E-state index contributed by atoms with van der Waals surface area (Å²) < 4.78 is 5.15. The van der Waals surface area contributed by atoms with Crippen LogP contribution in [0.25, 0.3) is 0 Å². The Morgan fingerprint density at radius 2 is 2.38 bits per heavy atom. The van der Waals surface area contributed by atoms with Crippen LogP contribution in [0.1, 0.15) is 12.8 Å². The van der Waals surface area contributed by atoms with E-state index >= 15 is 0 Å². The third-order valence-electron chi connectivity index (χ3n) is 2.08. The highest BCUT2D eigenvalue weighted by Gasteiger charge is 2.11. The van der Waals surface area contributed by atoms with Crippen molar-refractivity contribution >= 4 is 11.8 Å². The summed E-state index contributed by atoms with van der Waals surface area (Å²) in [5.41, 5.74) is 0. The minimum atomic E-state index is 0.124. The van der Waals surface area contributed by atoms with Crippen molar-refractivity contribution in [3.8, 4) is 0 Å². The minimum Gasteiger partial charge on any atom is -0.394 e. The molecule has 0 saturated carbocycles. The third kappa shape index (κ3) is 5.52. The van der Waals surface area contributed by atoms with Gasteiger partial charge in [-0.25, -0.2) is 0 Å². The molecule has 0 amide bonds. The predicted octanol–water partition coefficient (Wildman–Crippen LogP) is 0.480. The van der Waals surface area contributed by atoms with Gasteiger partial charge in [0.1, 0.15) is 0 Å². The molecule has 1 aliphatic heterocycles.